The molecule has 0 amide bonds. The highest BCUT2D eigenvalue weighted by Crippen LogP contribution is 2.36. The normalized spacial score (nSPS) is 14.9. The quantitative estimate of drug-likeness (QED) is 0.206. The zero-order valence-corrected chi connectivity index (χ0v) is 34.3. The second-order valence-electron chi connectivity index (χ2n) is 14.5. The number of fused-ring (bicyclic) bond motifs is 6. The molecule has 14 nitrogen and oxygen atoms in total. The molecule has 0 bridgehead atoms. The molecule has 2 N–H and O–H groups in total. The van der Waals surface area contributed by atoms with Crippen molar-refractivity contribution in [1.29, 1.82) is 5.26 Å². The Morgan fingerprint density at radius 2 is 1.05 bits per heavy atom. The molecule has 304 valence electrons. The van der Waals surface area contributed by atoms with Gasteiger partial charge in [-0.1, -0.05) is 48.5 Å². The predicted molar refractivity (Wildman–Crippen MR) is 234 cm³/mol. The molecule has 60 heavy (non-hydrogen) atoms. The molecule has 10 rings (SSSR count). The topological polar surface area (TPSA) is 167 Å². The van der Waals surface area contributed by atoms with Crippen LogP contribution in [0.4, 0.5) is 11.6 Å². The Kier molecular flexibility index (Phi) is 10.3. The lowest BCUT2D eigenvalue weighted by molar-refractivity contribution is 0.413. The van der Waals surface area contributed by atoms with Crippen LogP contribution in [0.5, 0.6) is 5.75 Å². The highest BCUT2D eigenvalue weighted by molar-refractivity contribution is 7.90. The minimum absolute atomic E-state index is 0.0867. The van der Waals surface area contributed by atoms with Crippen LogP contribution in [0, 0.1) is 11.3 Å². The van der Waals surface area contributed by atoms with Crippen LogP contribution in [0.25, 0.3) is 43.6 Å². The Bertz CT molecular complexity index is 3180. The van der Waals surface area contributed by atoms with E-state index in [0.29, 0.717) is 22.3 Å². The molecule has 0 saturated carbocycles. The fourth-order valence-corrected chi connectivity index (χ4v) is 10.8. The van der Waals surface area contributed by atoms with Gasteiger partial charge in [-0.15, -0.1) is 0 Å². The summed E-state index contributed by atoms with van der Waals surface area (Å²) in [6.07, 6.45) is 3.21. The van der Waals surface area contributed by atoms with Gasteiger partial charge in [-0.25, -0.2) is 34.7 Å². The summed E-state index contributed by atoms with van der Waals surface area (Å²) in [4.78, 5) is 14.4. The molecule has 0 unspecified atom stereocenters. The molecule has 2 aliphatic heterocycles. The van der Waals surface area contributed by atoms with Gasteiger partial charge in [-0.3, -0.25) is 0 Å². The molecule has 2 fully saturated rings. The van der Waals surface area contributed by atoms with Crippen molar-refractivity contribution in [2.45, 2.75) is 9.79 Å². The number of aromatic nitrogens is 4. The van der Waals surface area contributed by atoms with Crippen LogP contribution in [-0.4, -0.2) is 94.2 Å². The molecule has 2 aliphatic rings. The summed E-state index contributed by atoms with van der Waals surface area (Å²) in [6, 6.07) is 33.6. The molecule has 2 saturated heterocycles. The van der Waals surface area contributed by atoms with E-state index in [2.05, 4.69) is 20.4 Å². The third kappa shape index (κ3) is 6.94. The summed E-state index contributed by atoms with van der Waals surface area (Å²) in [7, 11) is -6.18. The van der Waals surface area contributed by atoms with Gasteiger partial charge in [-0.2, -0.15) is 5.26 Å². The Labute approximate surface area is 347 Å². The summed E-state index contributed by atoms with van der Waals surface area (Å²) in [5.41, 5.74) is 3.09. The van der Waals surface area contributed by atoms with Gasteiger partial charge in [0.1, 0.15) is 17.4 Å². The average Bonchev–Trinajstić information content (AvgIpc) is 3.97. The van der Waals surface area contributed by atoms with Gasteiger partial charge in [0, 0.05) is 92.4 Å². The molecular weight excluding hydrogens is 799 g/mol. The zero-order chi connectivity index (χ0) is 41.4. The maximum absolute atomic E-state index is 13.6. The van der Waals surface area contributed by atoms with Crippen molar-refractivity contribution in [2.75, 3.05) is 69.3 Å². The van der Waals surface area contributed by atoms with E-state index in [1.54, 1.807) is 48.8 Å². The fraction of sp³-hybridized carbons (Fsp3) is 0.205. The number of benzene rings is 4. The maximum Gasteiger partial charge on any atom is 0.268 e. The number of nitrogens with zero attached hydrogens (tertiary/aromatic N) is 7. The van der Waals surface area contributed by atoms with E-state index < -0.39 is 20.0 Å². The van der Waals surface area contributed by atoms with Crippen LogP contribution in [-0.2, 0) is 20.0 Å². The van der Waals surface area contributed by atoms with Crippen LogP contribution in [0.1, 0.15) is 5.56 Å². The number of nitriles is 1. The van der Waals surface area contributed by atoms with E-state index in [1.165, 1.54) is 27.2 Å². The second-order valence-corrected chi connectivity index (χ2v) is 18.1. The van der Waals surface area contributed by atoms with E-state index in [0.717, 1.165) is 96.6 Å². The number of hydrogen-bond acceptors (Lipinski definition) is 12. The van der Waals surface area contributed by atoms with Gasteiger partial charge in [0.05, 0.1) is 50.6 Å². The van der Waals surface area contributed by atoms with E-state index in [4.69, 9.17) is 14.7 Å². The summed E-state index contributed by atoms with van der Waals surface area (Å²) in [5.74, 6) is 2.12. The number of para-hydroxylation sites is 2. The Balaban J connectivity index is 0.000000154. The molecule has 4 aromatic heterocycles. The van der Waals surface area contributed by atoms with Crippen molar-refractivity contribution >= 4 is 75.3 Å². The van der Waals surface area contributed by atoms with E-state index in [-0.39, 0.29) is 9.79 Å². The van der Waals surface area contributed by atoms with Gasteiger partial charge in [0.15, 0.2) is 0 Å². The Hall–Kier alpha value is -6.51. The summed E-state index contributed by atoms with van der Waals surface area (Å²) in [6.45, 7) is 6.73. The first-order valence-electron chi connectivity index (χ1n) is 19.6. The van der Waals surface area contributed by atoms with E-state index in [1.807, 2.05) is 66.7 Å². The molecule has 4 aromatic carbocycles. The SMILES string of the molecule is COc1cccc(S(=O)(=O)n2ccc3c(N4CCNCC4)nc4ccccc4c32)c1.N#Cc1cccc(S(=O)(=O)n2ccc3c(N4CCNCC4)nc4ccccc4c32)c1. The van der Waals surface area contributed by atoms with Crippen molar-refractivity contribution < 1.29 is 21.6 Å². The number of pyridine rings is 2. The largest absolute Gasteiger partial charge is 0.497 e. The zero-order valence-electron chi connectivity index (χ0n) is 32.7. The summed E-state index contributed by atoms with van der Waals surface area (Å²) in [5, 5.41) is 19.1. The lowest BCUT2D eigenvalue weighted by Crippen LogP contribution is -2.44. The van der Waals surface area contributed by atoms with Crippen molar-refractivity contribution in [3.8, 4) is 11.8 Å². The van der Waals surface area contributed by atoms with Gasteiger partial charge in [0.25, 0.3) is 20.0 Å². The number of piperazine rings is 2. The van der Waals surface area contributed by atoms with Crippen LogP contribution >= 0.6 is 0 Å². The van der Waals surface area contributed by atoms with Crippen LogP contribution < -0.4 is 25.2 Å². The molecule has 0 spiro atoms. The predicted octanol–water partition coefficient (Wildman–Crippen LogP) is 5.55. The first-order chi connectivity index (χ1) is 29.2. The molecule has 0 aliphatic carbocycles. The number of hydrogen-bond donors (Lipinski definition) is 2. The minimum atomic E-state index is -3.89. The lowest BCUT2D eigenvalue weighted by atomic mass is 10.1. The second kappa shape index (κ2) is 15.9. The van der Waals surface area contributed by atoms with Crippen LogP contribution in [0.3, 0.4) is 0 Å². The van der Waals surface area contributed by atoms with Crippen molar-refractivity contribution in [1.82, 2.24) is 28.5 Å². The standard InChI is InChI=1S/C22H19N5O2S.C22H22N4O3S/c23-15-16-4-3-5-17(14-16)30(28,29)27-11-8-19-21(27)18-6-1-2-7-20(18)25-22(19)26-12-9-24-10-13-26;1-29-16-5-4-6-17(15-16)30(27,28)26-12-9-19-21(26)18-7-2-3-8-20(18)24-22(19)25-13-10-23-11-14-25/h1-8,11,14,24H,9-10,12-13H2;2-9,12,15,23H,10-11,13-14H2,1H3. The highest BCUT2D eigenvalue weighted by Gasteiger charge is 2.27. The number of anilines is 2. The van der Waals surface area contributed by atoms with Gasteiger partial charge in [0.2, 0.25) is 0 Å². The smallest absolute Gasteiger partial charge is 0.268 e. The van der Waals surface area contributed by atoms with Gasteiger partial charge in [-0.05, 0) is 54.6 Å². The number of methoxy groups -OCH3 is 1. The third-order valence-corrected chi connectivity index (χ3v) is 14.3. The van der Waals surface area contributed by atoms with Crippen LogP contribution in [0.15, 0.2) is 131 Å². The molecular formula is C44H41N9O5S2. The number of rotatable bonds is 7. The van der Waals surface area contributed by atoms with Gasteiger partial charge < -0.3 is 25.2 Å². The van der Waals surface area contributed by atoms with Crippen molar-refractivity contribution in [3.05, 3.63) is 127 Å². The van der Waals surface area contributed by atoms with E-state index >= 15 is 0 Å². The molecule has 0 radical (unpaired) electrons. The lowest BCUT2D eigenvalue weighted by Gasteiger charge is -2.29. The monoisotopic (exact) mass is 839 g/mol. The summed E-state index contributed by atoms with van der Waals surface area (Å²) < 4.78 is 62.1. The molecule has 8 aromatic rings. The van der Waals surface area contributed by atoms with Gasteiger partial charge >= 0.3 is 0 Å². The molecule has 6 heterocycles. The number of ether oxygens (including phenoxy) is 1. The Morgan fingerprint density at radius 3 is 1.53 bits per heavy atom. The number of nitrogens with one attached hydrogen (secondary N) is 2. The molecule has 16 heteroatoms. The van der Waals surface area contributed by atoms with Crippen molar-refractivity contribution in [2.24, 2.45) is 0 Å². The summed E-state index contributed by atoms with van der Waals surface area (Å²) >= 11 is 0. The average molecular weight is 840 g/mol. The first kappa shape index (κ1) is 39.0. The van der Waals surface area contributed by atoms with Crippen LogP contribution in [0.2, 0.25) is 0 Å². The first-order valence-corrected chi connectivity index (χ1v) is 22.4. The van der Waals surface area contributed by atoms with E-state index in [9.17, 15) is 22.1 Å². The molecule has 0 atom stereocenters. The highest BCUT2D eigenvalue weighted by atomic mass is 32.2. The third-order valence-electron chi connectivity index (χ3n) is 10.9. The minimum Gasteiger partial charge on any atom is -0.497 e. The fourth-order valence-electron chi connectivity index (χ4n) is 7.96. The Morgan fingerprint density at radius 1 is 0.583 bits per heavy atom. The van der Waals surface area contributed by atoms with Crippen molar-refractivity contribution in [3.63, 3.8) is 0 Å². The maximum atomic E-state index is 13.6.